The van der Waals surface area contributed by atoms with Gasteiger partial charge in [0.2, 0.25) is 5.78 Å². The van der Waals surface area contributed by atoms with Crippen LogP contribution in [0.3, 0.4) is 0 Å². The van der Waals surface area contributed by atoms with Crippen molar-refractivity contribution in [2.45, 2.75) is 45.0 Å². The smallest absolute Gasteiger partial charge is 0.330 e. The number of hydrogen-bond donors (Lipinski definition) is 0. The average molecular weight is 302 g/mol. The van der Waals surface area contributed by atoms with E-state index in [1.54, 1.807) is 0 Å². The summed E-state index contributed by atoms with van der Waals surface area (Å²) in [6.07, 6.45) is 2.44. The number of allylic oxidation sites excluding steroid dienone is 1. The molecule has 0 bridgehead atoms. The number of rotatable bonds is 3. The van der Waals surface area contributed by atoms with Crippen molar-refractivity contribution in [3.63, 3.8) is 0 Å². The number of carbonyl (C=O) groups excluding carboxylic acids is 2. The maximum absolute atomic E-state index is 14.0. The molecule has 1 heterocycles. The summed E-state index contributed by atoms with van der Waals surface area (Å²) in [6.45, 7) is 3.01. The van der Waals surface area contributed by atoms with Gasteiger partial charge in [-0.15, -0.1) is 0 Å². The third-order valence-electron chi connectivity index (χ3n) is 3.86. The first-order valence-electron chi connectivity index (χ1n) is 7.20. The number of alkyl halides is 2. The Bertz CT molecular complexity index is 453. The van der Waals surface area contributed by atoms with E-state index in [2.05, 4.69) is 0 Å². The maximum Gasteiger partial charge on any atom is 0.330 e. The van der Waals surface area contributed by atoms with E-state index < -0.39 is 23.2 Å². The van der Waals surface area contributed by atoms with Crippen LogP contribution in [-0.2, 0) is 19.1 Å². The van der Waals surface area contributed by atoms with E-state index in [4.69, 9.17) is 9.47 Å². The average Bonchev–Trinajstić information content (AvgIpc) is 2.39. The first kappa shape index (κ1) is 16.1. The molecule has 0 atom stereocenters. The highest BCUT2D eigenvalue weighted by Gasteiger charge is 2.43. The lowest BCUT2D eigenvalue weighted by Gasteiger charge is -2.37. The van der Waals surface area contributed by atoms with Crippen molar-refractivity contribution in [2.24, 2.45) is 5.41 Å². The van der Waals surface area contributed by atoms with Crippen molar-refractivity contribution in [3.05, 3.63) is 11.6 Å². The zero-order valence-corrected chi connectivity index (χ0v) is 12.1. The zero-order valence-electron chi connectivity index (χ0n) is 12.1. The minimum absolute atomic E-state index is 0.0498. The van der Waals surface area contributed by atoms with Gasteiger partial charge in [0.25, 0.3) is 0 Å². The fraction of sp³-hybridized carbons (Fsp3) is 0.733. The highest BCUT2D eigenvalue weighted by Crippen LogP contribution is 2.33. The molecular formula is C15H20F2O4. The molecule has 0 radical (unpaired) electrons. The molecule has 2 aliphatic rings. The lowest BCUT2D eigenvalue weighted by atomic mass is 9.90. The van der Waals surface area contributed by atoms with Gasteiger partial charge in [-0.1, -0.05) is 13.3 Å². The Morgan fingerprint density at radius 2 is 1.95 bits per heavy atom. The van der Waals surface area contributed by atoms with Crippen LogP contribution in [0.5, 0.6) is 0 Å². The molecule has 2 fully saturated rings. The zero-order chi connectivity index (χ0) is 15.5. The van der Waals surface area contributed by atoms with Gasteiger partial charge in [0, 0.05) is 23.5 Å². The summed E-state index contributed by atoms with van der Waals surface area (Å²) in [4.78, 5) is 23.2. The lowest BCUT2D eigenvalue weighted by Crippen LogP contribution is -2.44. The van der Waals surface area contributed by atoms with Gasteiger partial charge in [-0.25, -0.2) is 4.79 Å². The molecule has 6 heteroatoms. The van der Waals surface area contributed by atoms with Crippen LogP contribution in [0.25, 0.3) is 0 Å². The Morgan fingerprint density at radius 1 is 1.29 bits per heavy atom. The van der Waals surface area contributed by atoms with Crippen molar-refractivity contribution in [3.8, 4) is 0 Å². The second-order valence-electron chi connectivity index (χ2n) is 6.14. The highest BCUT2D eigenvalue weighted by molar-refractivity contribution is 5.92. The van der Waals surface area contributed by atoms with Crippen LogP contribution in [0.2, 0.25) is 0 Å². The second kappa shape index (κ2) is 6.22. The minimum atomic E-state index is -3.55. The summed E-state index contributed by atoms with van der Waals surface area (Å²) in [7, 11) is 0. The minimum Gasteiger partial charge on any atom is -0.462 e. The van der Waals surface area contributed by atoms with Gasteiger partial charge in [0.05, 0.1) is 13.2 Å². The molecule has 118 valence electrons. The molecule has 2 rings (SSSR count). The van der Waals surface area contributed by atoms with Crippen LogP contribution >= 0.6 is 0 Å². The van der Waals surface area contributed by atoms with Gasteiger partial charge < -0.3 is 9.47 Å². The lowest BCUT2D eigenvalue weighted by molar-refractivity contribution is -0.160. The number of carbonyl (C=O) groups is 2. The summed E-state index contributed by atoms with van der Waals surface area (Å²) >= 11 is 0. The summed E-state index contributed by atoms with van der Waals surface area (Å²) in [5, 5.41) is 0. The number of esters is 1. The van der Waals surface area contributed by atoms with Crippen molar-refractivity contribution >= 4 is 11.8 Å². The SMILES string of the molecule is CC1(COC(=O)C=C2CCCCCC(=O)C2(F)F)COC1. The standard InChI is InChI=1S/C15H20F2O4/c1-14(8-20-9-14)10-21-13(19)7-11-5-3-2-4-6-12(18)15(11,16)17/h7H,2-6,8-10H2,1H3. The van der Waals surface area contributed by atoms with Gasteiger partial charge in [0.15, 0.2) is 0 Å². The van der Waals surface area contributed by atoms with Crippen LogP contribution in [0.15, 0.2) is 11.6 Å². The van der Waals surface area contributed by atoms with E-state index in [9.17, 15) is 18.4 Å². The molecule has 0 aromatic heterocycles. The molecule has 1 saturated heterocycles. The van der Waals surface area contributed by atoms with E-state index in [1.165, 1.54) is 0 Å². The molecule has 0 unspecified atom stereocenters. The van der Waals surface area contributed by atoms with E-state index in [0.29, 0.717) is 32.5 Å². The monoisotopic (exact) mass is 302 g/mol. The molecule has 1 aliphatic carbocycles. The molecule has 1 saturated carbocycles. The molecule has 0 N–H and O–H groups in total. The van der Waals surface area contributed by atoms with Gasteiger partial charge in [-0.3, -0.25) is 4.79 Å². The van der Waals surface area contributed by atoms with Crippen molar-refractivity contribution in [1.29, 1.82) is 0 Å². The van der Waals surface area contributed by atoms with Gasteiger partial charge in [0.1, 0.15) is 6.61 Å². The van der Waals surface area contributed by atoms with Crippen LogP contribution < -0.4 is 0 Å². The van der Waals surface area contributed by atoms with Crippen LogP contribution in [0, 0.1) is 5.41 Å². The Kier molecular flexibility index (Phi) is 4.76. The van der Waals surface area contributed by atoms with Gasteiger partial charge in [-0.05, 0) is 19.3 Å². The third kappa shape index (κ3) is 3.87. The van der Waals surface area contributed by atoms with Crippen LogP contribution in [-0.4, -0.2) is 37.5 Å². The highest BCUT2D eigenvalue weighted by atomic mass is 19.3. The predicted octanol–water partition coefficient (Wildman–Crippen LogP) is 2.66. The molecule has 0 amide bonds. The molecule has 0 spiro atoms. The fourth-order valence-corrected chi connectivity index (χ4v) is 2.40. The van der Waals surface area contributed by atoms with Crippen LogP contribution in [0.1, 0.15) is 39.0 Å². The van der Waals surface area contributed by atoms with E-state index in [1.807, 2.05) is 6.92 Å². The number of ether oxygens (including phenoxy) is 2. The van der Waals surface area contributed by atoms with E-state index in [0.717, 1.165) is 6.08 Å². The van der Waals surface area contributed by atoms with Crippen molar-refractivity contribution in [1.82, 2.24) is 0 Å². The summed E-state index contributed by atoms with van der Waals surface area (Å²) in [5.41, 5.74) is -0.653. The largest absolute Gasteiger partial charge is 0.462 e. The fourth-order valence-electron chi connectivity index (χ4n) is 2.40. The predicted molar refractivity (Wildman–Crippen MR) is 71.0 cm³/mol. The van der Waals surface area contributed by atoms with Crippen molar-refractivity contribution in [2.75, 3.05) is 19.8 Å². The number of hydrogen-bond acceptors (Lipinski definition) is 4. The quantitative estimate of drug-likeness (QED) is 0.594. The molecule has 0 aromatic carbocycles. The summed E-state index contributed by atoms with van der Waals surface area (Å²) in [6, 6.07) is 0. The van der Waals surface area contributed by atoms with Gasteiger partial charge >= 0.3 is 11.9 Å². The topological polar surface area (TPSA) is 52.6 Å². The normalized spacial score (nSPS) is 26.6. The molecule has 4 nitrogen and oxygen atoms in total. The third-order valence-corrected chi connectivity index (χ3v) is 3.86. The molecular weight excluding hydrogens is 282 g/mol. The Hall–Kier alpha value is -1.30. The Morgan fingerprint density at radius 3 is 2.57 bits per heavy atom. The van der Waals surface area contributed by atoms with Crippen molar-refractivity contribution < 1.29 is 27.8 Å². The van der Waals surface area contributed by atoms with Gasteiger partial charge in [-0.2, -0.15) is 8.78 Å². The van der Waals surface area contributed by atoms with Crippen LogP contribution in [0.4, 0.5) is 8.78 Å². The number of Topliss-reactive ketones (excluding diaryl/α,β-unsaturated/α-hetero) is 1. The maximum atomic E-state index is 14.0. The summed E-state index contributed by atoms with van der Waals surface area (Å²) in [5.74, 6) is -5.48. The molecule has 21 heavy (non-hydrogen) atoms. The Balaban J connectivity index is 2.01. The Labute approximate surface area is 122 Å². The second-order valence-corrected chi connectivity index (χ2v) is 6.14. The first-order valence-corrected chi connectivity index (χ1v) is 7.20. The van der Waals surface area contributed by atoms with E-state index in [-0.39, 0.29) is 24.9 Å². The van der Waals surface area contributed by atoms with E-state index >= 15 is 0 Å². The molecule has 0 aromatic rings. The number of ketones is 1. The first-order chi connectivity index (χ1) is 9.83. The number of halogens is 2. The molecule has 1 aliphatic heterocycles. The summed E-state index contributed by atoms with van der Waals surface area (Å²) < 4.78 is 38.0.